The number of nitrogens with zero attached hydrogens (tertiary/aromatic N) is 2. The van der Waals surface area contributed by atoms with E-state index in [1.54, 1.807) is 12.2 Å². The lowest BCUT2D eigenvalue weighted by molar-refractivity contribution is -0.175. The average molecular weight is 570 g/mol. The molecule has 3 aliphatic rings. The second-order valence-corrected chi connectivity index (χ2v) is 11.1. The van der Waals surface area contributed by atoms with Gasteiger partial charge in [0.25, 0.3) is 17.4 Å². The molecule has 3 fully saturated rings. The van der Waals surface area contributed by atoms with Gasteiger partial charge < -0.3 is 15.5 Å². The summed E-state index contributed by atoms with van der Waals surface area (Å²) in [5, 5.41) is 4.94. The molecule has 38 heavy (non-hydrogen) atoms. The molecule has 0 aromatic heterocycles. The standard InChI is InChI=1S/C23H32ClF4N5O5/c1-5-10(2)14(30-21(38)23(26,27)28)19(36)32-9-12-13(22(12,3)4)15(32)18(35)31-33(20(37)16(24)25)8-11-6-7-29-17(11)34/h10-16H,5-9H2,1-4H3,(H,29,34)(H,30,38)(H,31,35)/t10-,11-,12-,13-,14-,15-,16-/m0/s1. The lowest BCUT2D eigenvalue weighted by Crippen LogP contribution is -2.61. The number of nitrogens with one attached hydrogen (secondary N) is 3. The fourth-order valence-electron chi connectivity index (χ4n) is 5.45. The lowest BCUT2D eigenvalue weighted by atomic mass is 9.95. The van der Waals surface area contributed by atoms with Crippen molar-refractivity contribution in [2.45, 2.75) is 64.4 Å². The molecule has 0 aromatic carbocycles. The summed E-state index contributed by atoms with van der Waals surface area (Å²) in [5.74, 6) is -7.68. The van der Waals surface area contributed by atoms with Gasteiger partial charge in [-0.05, 0) is 29.6 Å². The van der Waals surface area contributed by atoms with Crippen molar-refractivity contribution in [3.05, 3.63) is 0 Å². The fourth-order valence-corrected chi connectivity index (χ4v) is 5.56. The molecule has 0 spiro atoms. The molecule has 1 saturated carbocycles. The molecule has 0 aromatic rings. The largest absolute Gasteiger partial charge is 0.471 e. The third kappa shape index (κ3) is 5.84. The Morgan fingerprint density at radius 1 is 1.26 bits per heavy atom. The summed E-state index contributed by atoms with van der Waals surface area (Å²) in [6.45, 7) is 6.89. The van der Waals surface area contributed by atoms with Crippen LogP contribution in [0.15, 0.2) is 0 Å². The van der Waals surface area contributed by atoms with Gasteiger partial charge in [0.15, 0.2) is 0 Å². The SMILES string of the molecule is CC[C@H](C)[C@H](NC(=O)C(F)(F)F)C(=O)N1C[C@H]2[C@@H]([C@H]1C(=O)NN(C[C@@H]1CCNC1=O)C(=O)[C@H](F)Cl)C2(C)C. The summed E-state index contributed by atoms with van der Waals surface area (Å²) in [6.07, 6.45) is -4.62. The highest BCUT2D eigenvalue weighted by atomic mass is 35.5. The molecule has 2 saturated heterocycles. The highest BCUT2D eigenvalue weighted by Gasteiger charge is 2.70. The summed E-state index contributed by atoms with van der Waals surface area (Å²) in [5.41, 5.74) is -0.615. The third-order valence-corrected chi connectivity index (χ3v) is 8.23. The normalized spacial score (nSPS) is 28.0. The number of amides is 5. The van der Waals surface area contributed by atoms with Crippen LogP contribution >= 0.6 is 11.6 Å². The molecular weight excluding hydrogens is 538 g/mol. The van der Waals surface area contributed by atoms with Gasteiger partial charge in [0.1, 0.15) is 12.1 Å². The molecular formula is C23H32ClF4N5O5. The molecule has 5 amide bonds. The number of likely N-dealkylation sites (tertiary alicyclic amines) is 1. The number of hydrogen-bond acceptors (Lipinski definition) is 5. The maximum atomic E-state index is 13.7. The molecule has 7 atom stereocenters. The minimum absolute atomic E-state index is 0.0453. The lowest BCUT2D eigenvalue weighted by Gasteiger charge is -2.36. The zero-order valence-electron chi connectivity index (χ0n) is 21.4. The molecule has 1 aliphatic carbocycles. The summed E-state index contributed by atoms with van der Waals surface area (Å²) in [4.78, 5) is 64.2. The molecule has 15 heteroatoms. The van der Waals surface area contributed by atoms with Gasteiger partial charge in [-0.15, -0.1) is 0 Å². The van der Waals surface area contributed by atoms with E-state index in [9.17, 15) is 41.5 Å². The number of rotatable bonds is 8. The van der Waals surface area contributed by atoms with E-state index in [1.165, 1.54) is 6.92 Å². The van der Waals surface area contributed by atoms with Gasteiger partial charge >= 0.3 is 12.1 Å². The summed E-state index contributed by atoms with van der Waals surface area (Å²) in [6, 6.07) is -2.76. The maximum absolute atomic E-state index is 13.7. The predicted octanol–water partition coefficient (Wildman–Crippen LogP) is 1.09. The van der Waals surface area contributed by atoms with Crippen LogP contribution in [0.4, 0.5) is 17.6 Å². The molecule has 2 aliphatic heterocycles. The van der Waals surface area contributed by atoms with Gasteiger partial charge in [-0.1, -0.05) is 45.7 Å². The van der Waals surface area contributed by atoms with Crippen molar-refractivity contribution in [2.24, 2.45) is 29.1 Å². The second-order valence-electron chi connectivity index (χ2n) is 10.7. The van der Waals surface area contributed by atoms with Crippen LogP contribution in [0.2, 0.25) is 0 Å². The quantitative estimate of drug-likeness (QED) is 0.229. The van der Waals surface area contributed by atoms with Gasteiger partial charge in [0, 0.05) is 13.1 Å². The topological polar surface area (TPSA) is 128 Å². The van der Waals surface area contributed by atoms with E-state index in [-0.39, 0.29) is 31.3 Å². The smallest absolute Gasteiger partial charge is 0.356 e. The molecule has 3 N–H and O–H groups in total. The second kappa shape index (κ2) is 10.9. The molecule has 3 rings (SSSR count). The Balaban J connectivity index is 1.86. The molecule has 10 nitrogen and oxygen atoms in total. The number of hydrazine groups is 1. The van der Waals surface area contributed by atoms with Crippen LogP contribution in [0.3, 0.4) is 0 Å². The third-order valence-electron chi connectivity index (χ3n) is 8.05. The van der Waals surface area contributed by atoms with Gasteiger partial charge in [-0.25, -0.2) is 9.40 Å². The molecule has 2 heterocycles. The zero-order valence-corrected chi connectivity index (χ0v) is 22.2. The first-order chi connectivity index (χ1) is 17.5. The molecule has 0 radical (unpaired) electrons. The highest BCUT2D eigenvalue weighted by molar-refractivity contribution is 6.29. The Bertz CT molecular complexity index is 994. The first kappa shape index (κ1) is 29.9. The van der Waals surface area contributed by atoms with Gasteiger partial charge in [0.05, 0.1) is 12.5 Å². The van der Waals surface area contributed by atoms with E-state index in [4.69, 9.17) is 11.6 Å². The monoisotopic (exact) mass is 569 g/mol. The van der Waals surface area contributed by atoms with Gasteiger partial charge in [0.2, 0.25) is 11.8 Å². The Morgan fingerprint density at radius 3 is 2.39 bits per heavy atom. The minimum Gasteiger partial charge on any atom is -0.356 e. The molecule has 214 valence electrons. The van der Waals surface area contributed by atoms with E-state index < -0.39 is 70.7 Å². The number of alkyl halides is 5. The summed E-state index contributed by atoms with van der Waals surface area (Å²) >= 11 is 5.32. The number of carbonyl (C=O) groups is 5. The van der Waals surface area contributed by atoms with E-state index >= 15 is 0 Å². The van der Waals surface area contributed by atoms with Crippen molar-refractivity contribution >= 4 is 41.1 Å². The van der Waals surface area contributed by atoms with Crippen LogP contribution < -0.4 is 16.1 Å². The Labute approximate surface area is 222 Å². The predicted molar refractivity (Wildman–Crippen MR) is 125 cm³/mol. The van der Waals surface area contributed by atoms with Crippen LogP contribution in [0.25, 0.3) is 0 Å². The van der Waals surface area contributed by atoms with Crippen molar-refractivity contribution in [1.82, 2.24) is 26.0 Å². The first-order valence-corrected chi connectivity index (χ1v) is 12.8. The average Bonchev–Trinajstić information content (AvgIpc) is 3.19. The van der Waals surface area contributed by atoms with Crippen LogP contribution in [-0.4, -0.2) is 83.0 Å². The van der Waals surface area contributed by atoms with E-state index in [0.29, 0.717) is 18.0 Å². The fraction of sp³-hybridized carbons (Fsp3) is 0.783. The number of halogens is 5. The summed E-state index contributed by atoms with van der Waals surface area (Å²) in [7, 11) is 0. The molecule has 0 unspecified atom stereocenters. The van der Waals surface area contributed by atoms with Crippen molar-refractivity contribution in [3.63, 3.8) is 0 Å². The van der Waals surface area contributed by atoms with Gasteiger partial charge in [-0.2, -0.15) is 13.2 Å². The van der Waals surface area contributed by atoms with E-state index in [0.717, 1.165) is 4.90 Å². The van der Waals surface area contributed by atoms with Crippen molar-refractivity contribution in [1.29, 1.82) is 0 Å². The minimum atomic E-state index is -5.21. The van der Waals surface area contributed by atoms with E-state index in [2.05, 4.69) is 10.7 Å². The van der Waals surface area contributed by atoms with E-state index in [1.807, 2.05) is 13.8 Å². The number of piperidine rings is 1. The maximum Gasteiger partial charge on any atom is 0.471 e. The van der Waals surface area contributed by atoms with Crippen molar-refractivity contribution in [3.8, 4) is 0 Å². The highest BCUT2D eigenvalue weighted by Crippen LogP contribution is 2.65. The Kier molecular flexibility index (Phi) is 8.54. The first-order valence-electron chi connectivity index (χ1n) is 12.4. The van der Waals surface area contributed by atoms with Crippen LogP contribution in [-0.2, 0) is 24.0 Å². The zero-order chi connectivity index (χ0) is 28.7. The Morgan fingerprint density at radius 2 is 1.89 bits per heavy atom. The van der Waals surface area contributed by atoms with Gasteiger partial charge in [-0.3, -0.25) is 29.4 Å². The number of hydrogen-bond donors (Lipinski definition) is 3. The number of fused-ring (bicyclic) bond motifs is 1. The summed E-state index contributed by atoms with van der Waals surface area (Å²) < 4.78 is 52.6. The van der Waals surface area contributed by atoms with Crippen LogP contribution in [0.5, 0.6) is 0 Å². The number of carbonyl (C=O) groups excluding carboxylic acids is 5. The van der Waals surface area contributed by atoms with Crippen LogP contribution in [0, 0.1) is 29.1 Å². The Hall–Kier alpha value is -2.64. The van der Waals surface area contributed by atoms with Crippen molar-refractivity contribution in [2.75, 3.05) is 19.6 Å². The molecule has 0 bridgehead atoms. The van der Waals surface area contributed by atoms with Crippen LogP contribution in [0.1, 0.15) is 40.5 Å². The van der Waals surface area contributed by atoms with Crippen molar-refractivity contribution < 1.29 is 41.5 Å².